The predicted octanol–water partition coefficient (Wildman–Crippen LogP) is 3.70. The molecule has 1 fully saturated rings. The summed E-state index contributed by atoms with van der Waals surface area (Å²) in [7, 11) is 0. The number of likely N-dealkylation sites (tertiary alicyclic amines) is 1. The van der Waals surface area contributed by atoms with E-state index in [1.807, 2.05) is 49.9 Å². The molecule has 2 rings (SSSR count). The number of carbonyl (C=O) groups excluding carboxylic acids is 2. The van der Waals surface area contributed by atoms with Crippen molar-refractivity contribution in [3.8, 4) is 5.75 Å². The fourth-order valence-electron chi connectivity index (χ4n) is 3.02. The van der Waals surface area contributed by atoms with Crippen molar-refractivity contribution in [1.82, 2.24) is 4.90 Å². The van der Waals surface area contributed by atoms with Gasteiger partial charge in [0.05, 0.1) is 6.10 Å². The fraction of sp³-hybridized carbons (Fsp3) is 0.579. The third kappa shape index (κ3) is 4.81. The number of hydrogen-bond donors (Lipinski definition) is 0. The zero-order valence-corrected chi connectivity index (χ0v) is 14.4. The molecule has 0 aliphatic carbocycles. The minimum absolute atomic E-state index is 0.0807. The van der Waals surface area contributed by atoms with Crippen LogP contribution in [0, 0.1) is 5.92 Å². The highest BCUT2D eigenvalue weighted by Gasteiger charge is 2.28. The lowest BCUT2D eigenvalue weighted by atomic mass is 9.89. The molecule has 0 radical (unpaired) electrons. The van der Waals surface area contributed by atoms with Gasteiger partial charge in [-0.1, -0.05) is 19.1 Å². The molecule has 1 aliphatic rings. The summed E-state index contributed by atoms with van der Waals surface area (Å²) < 4.78 is 5.67. The van der Waals surface area contributed by atoms with Crippen molar-refractivity contribution < 1.29 is 14.3 Å². The van der Waals surface area contributed by atoms with Gasteiger partial charge in [0.25, 0.3) is 0 Å². The molecule has 4 heteroatoms. The molecule has 1 heterocycles. The van der Waals surface area contributed by atoms with Crippen molar-refractivity contribution in [1.29, 1.82) is 0 Å². The molecule has 1 aromatic rings. The zero-order chi connectivity index (χ0) is 16.8. The molecule has 1 aromatic carbocycles. The van der Waals surface area contributed by atoms with Gasteiger partial charge in [0.1, 0.15) is 5.75 Å². The standard InChI is InChI=1S/C19H27NO3/c1-4-7-18(21)20-11-6-9-16(13-20)19(22)15-8-5-10-17(12-15)23-14(2)3/h5,8,10,12,14,16H,4,6-7,9,11,13H2,1-3H3/t16-/m0/s1. The lowest BCUT2D eigenvalue weighted by Crippen LogP contribution is -2.42. The lowest BCUT2D eigenvalue weighted by molar-refractivity contribution is -0.132. The van der Waals surface area contributed by atoms with Crippen molar-refractivity contribution in [2.24, 2.45) is 5.92 Å². The van der Waals surface area contributed by atoms with E-state index in [-0.39, 0.29) is 23.7 Å². The molecule has 0 saturated carbocycles. The molecule has 4 nitrogen and oxygen atoms in total. The van der Waals surface area contributed by atoms with Crippen molar-refractivity contribution >= 4 is 11.7 Å². The van der Waals surface area contributed by atoms with Crippen LogP contribution < -0.4 is 4.74 Å². The number of hydrogen-bond acceptors (Lipinski definition) is 3. The highest BCUT2D eigenvalue weighted by molar-refractivity contribution is 5.98. The maximum atomic E-state index is 12.8. The van der Waals surface area contributed by atoms with Crippen LogP contribution in [0.4, 0.5) is 0 Å². The molecule has 0 aromatic heterocycles. The summed E-state index contributed by atoms with van der Waals surface area (Å²) in [4.78, 5) is 26.7. The Balaban J connectivity index is 2.06. The maximum absolute atomic E-state index is 12.8. The van der Waals surface area contributed by atoms with Crippen LogP contribution in [0.5, 0.6) is 5.75 Å². The second kappa shape index (κ2) is 8.14. The molecule has 1 atom stereocenters. The molecule has 1 aliphatic heterocycles. The maximum Gasteiger partial charge on any atom is 0.222 e. The lowest BCUT2D eigenvalue weighted by Gasteiger charge is -2.32. The van der Waals surface area contributed by atoms with Gasteiger partial charge in [0.15, 0.2) is 5.78 Å². The van der Waals surface area contributed by atoms with Gasteiger partial charge < -0.3 is 9.64 Å². The number of Topliss-reactive ketones (excluding diaryl/α,β-unsaturated/α-hetero) is 1. The van der Waals surface area contributed by atoms with Crippen molar-refractivity contribution in [2.45, 2.75) is 52.6 Å². The third-order valence-electron chi connectivity index (χ3n) is 4.10. The fourth-order valence-corrected chi connectivity index (χ4v) is 3.02. The van der Waals surface area contributed by atoms with E-state index >= 15 is 0 Å². The molecule has 126 valence electrons. The Hall–Kier alpha value is -1.84. The average Bonchev–Trinajstić information content (AvgIpc) is 2.54. The Labute approximate surface area is 138 Å². The molecule has 23 heavy (non-hydrogen) atoms. The first kappa shape index (κ1) is 17.5. The summed E-state index contributed by atoms with van der Waals surface area (Å²) in [5.41, 5.74) is 0.679. The Bertz CT molecular complexity index is 553. The van der Waals surface area contributed by atoms with Crippen LogP contribution in [0.2, 0.25) is 0 Å². The molecule has 1 saturated heterocycles. The van der Waals surface area contributed by atoms with Crippen LogP contribution in [-0.4, -0.2) is 35.8 Å². The Kier molecular flexibility index (Phi) is 6.20. The SMILES string of the molecule is CCCC(=O)N1CCC[C@H](C(=O)c2cccc(OC(C)C)c2)C1. The first-order chi connectivity index (χ1) is 11.0. The highest BCUT2D eigenvalue weighted by atomic mass is 16.5. The Morgan fingerprint density at radius 1 is 1.35 bits per heavy atom. The molecular formula is C19H27NO3. The van der Waals surface area contributed by atoms with Gasteiger partial charge in [-0.2, -0.15) is 0 Å². The van der Waals surface area contributed by atoms with Crippen LogP contribution >= 0.6 is 0 Å². The molecule has 0 bridgehead atoms. The van der Waals surface area contributed by atoms with Crippen LogP contribution in [0.15, 0.2) is 24.3 Å². The molecule has 0 unspecified atom stereocenters. The molecule has 1 amide bonds. The van der Waals surface area contributed by atoms with E-state index in [2.05, 4.69) is 0 Å². The summed E-state index contributed by atoms with van der Waals surface area (Å²) in [6.07, 6.45) is 3.25. The Morgan fingerprint density at radius 2 is 2.13 bits per heavy atom. The minimum atomic E-state index is -0.0983. The number of piperidine rings is 1. The van der Waals surface area contributed by atoms with Gasteiger partial charge in [-0.25, -0.2) is 0 Å². The summed E-state index contributed by atoms with van der Waals surface area (Å²) >= 11 is 0. The van der Waals surface area contributed by atoms with E-state index in [1.165, 1.54) is 0 Å². The van der Waals surface area contributed by atoms with E-state index in [0.717, 1.165) is 31.6 Å². The summed E-state index contributed by atoms with van der Waals surface area (Å²) in [6, 6.07) is 7.37. The van der Waals surface area contributed by atoms with E-state index in [9.17, 15) is 9.59 Å². The molecule has 0 spiro atoms. The third-order valence-corrected chi connectivity index (χ3v) is 4.10. The number of benzene rings is 1. The topological polar surface area (TPSA) is 46.6 Å². The van der Waals surface area contributed by atoms with Gasteiger partial charge in [-0.3, -0.25) is 9.59 Å². The first-order valence-electron chi connectivity index (χ1n) is 8.60. The van der Waals surface area contributed by atoms with E-state index in [0.29, 0.717) is 18.5 Å². The van der Waals surface area contributed by atoms with Crippen LogP contribution in [0.25, 0.3) is 0 Å². The zero-order valence-electron chi connectivity index (χ0n) is 14.4. The molecular weight excluding hydrogens is 290 g/mol. The number of amides is 1. The monoisotopic (exact) mass is 317 g/mol. The van der Waals surface area contributed by atoms with Gasteiger partial charge in [0.2, 0.25) is 5.91 Å². The summed E-state index contributed by atoms with van der Waals surface area (Å²) in [6.45, 7) is 7.26. The average molecular weight is 317 g/mol. The summed E-state index contributed by atoms with van der Waals surface area (Å²) in [5, 5.41) is 0. The van der Waals surface area contributed by atoms with Crippen LogP contribution in [0.1, 0.15) is 56.8 Å². The first-order valence-corrected chi connectivity index (χ1v) is 8.60. The number of carbonyl (C=O) groups is 2. The second-order valence-electron chi connectivity index (χ2n) is 6.49. The predicted molar refractivity (Wildman–Crippen MR) is 90.7 cm³/mol. The molecule has 0 N–H and O–H groups in total. The second-order valence-corrected chi connectivity index (χ2v) is 6.49. The Morgan fingerprint density at radius 3 is 2.83 bits per heavy atom. The normalized spacial score (nSPS) is 18.1. The number of nitrogens with zero attached hydrogens (tertiary/aromatic N) is 1. The van der Waals surface area contributed by atoms with Crippen molar-refractivity contribution in [3.05, 3.63) is 29.8 Å². The van der Waals surface area contributed by atoms with E-state index < -0.39 is 0 Å². The summed E-state index contributed by atoms with van der Waals surface area (Å²) in [5.74, 6) is 0.912. The van der Waals surface area contributed by atoms with Gasteiger partial charge in [-0.15, -0.1) is 0 Å². The number of rotatable bonds is 6. The van der Waals surface area contributed by atoms with E-state index in [4.69, 9.17) is 4.74 Å². The van der Waals surface area contributed by atoms with Gasteiger partial charge >= 0.3 is 0 Å². The highest BCUT2D eigenvalue weighted by Crippen LogP contribution is 2.24. The minimum Gasteiger partial charge on any atom is -0.491 e. The van der Waals surface area contributed by atoms with Crippen molar-refractivity contribution in [2.75, 3.05) is 13.1 Å². The number of ether oxygens (including phenoxy) is 1. The number of ketones is 1. The van der Waals surface area contributed by atoms with Crippen molar-refractivity contribution in [3.63, 3.8) is 0 Å². The van der Waals surface area contributed by atoms with Crippen LogP contribution in [-0.2, 0) is 4.79 Å². The van der Waals surface area contributed by atoms with Crippen LogP contribution in [0.3, 0.4) is 0 Å². The smallest absolute Gasteiger partial charge is 0.222 e. The quantitative estimate of drug-likeness (QED) is 0.752. The van der Waals surface area contributed by atoms with Gasteiger partial charge in [0, 0.05) is 31.0 Å². The largest absolute Gasteiger partial charge is 0.491 e. The van der Waals surface area contributed by atoms with Gasteiger partial charge in [-0.05, 0) is 45.2 Å². The van der Waals surface area contributed by atoms with E-state index in [1.54, 1.807) is 0 Å².